The first-order chi connectivity index (χ1) is 8.16. The van der Waals surface area contributed by atoms with Crippen LogP contribution in [0.1, 0.15) is 19.6 Å². The summed E-state index contributed by atoms with van der Waals surface area (Å²) in [6.45, 7) is 5.04. The molecule has 17 heavy (non-hydrogen) atoms. The Morgan fingerprint density at radius 2 is 1.94 bits per heavy atom. The van der Waals surface area contributed by atoms with Gasteiger partial charge in [0.15, 0.2) is 0 Å². The predicted molar refractivity (Wildman–Crippen MR) is 78.8 cm³/mol. The number of furan rings is 1. The number of benzene rings is 1. The lowest BCUT2D eigenvalue weighted by Gasteiger charge is -2.05. The van der Waals surface area contributed by atoms with E-state index in [2.05, 4.69) is 53.9 Å². The topological polar surface area (TPSA) is 25.2 Å². The summed E-state index contributed by atoms with van der Waals surface area (Å²) in [6, 6.07) is 12.8. The third kappa shape index (κ3) is 3.33. The molecule has 0 unspecified atom stereocenters. The second kappa shape index (κ2) is 5.69. The van der Waals surface area contributed by atoms with Crippen LogP contribution in [0.2, 0.25) is 0 Å². The molecule has 0 fully saturated rings. The van der Waals surface area contributed by atoms with Gasteiger partial charge in [0.05, 0.1) is 6.54 Å². The molecule has 90 valence electrons. The standard InChI is InChI=1S/C14H16INO/c1-10(2)16-9-11-7-8-14(17-11)12-5-3-4-6-13(12)15/h3-8,10,16H,9H2,1-2H3. The van der Waals surface area contributed by atoms with Gasteiger partial charge in [0.1, 0.15) is 11.5 Å². The van der Waals surface area contributed by atoms with Crippen LogP contribution in [-0.2, 0) is 6.54 Å². The summed E-state index contributed by atoms with van der Waals surface area (Å²) < 4.78 is 7.04. The summed E-state index contributed by atoms with van der Waals surface area (Å²) in [5.74, 6) is 1.92. The maximum absolute atomic E-state index is 5.83. The summed E-state index contributed by atoms with van der Waals surface area (Å²) in [7, 11) is 0. The molecule has 0 atom stereocenters. The highest BCUT2D eigenvalue weighted by molar-refractivity contribution is 14.1. The van der Waals surface area contributed by atoms with Crippen LogP contribution in [0.25, 0.3) is 11.3 Å². The van der Waals surface area contributed by atoms with Crippen molar-refractivity contribution in [2.24, 2.45) is 0 Å². The molecule has 0 amide bonds. The predicted octanol–water partition coefficient (Wildman–Crippen LogP) is 4.05. The van der Waals surface area contributed by atoms with Crippen molar-refractivity contribution in [3.8, 4) is 11.3 Å². The summed E-state index contributed by atoms with van der Waals surface area (Å²) in [4.78, 5) is 0. The number of rotatable bonds is 4. The molecule has 1 heterocycles. The molecule has 0 saturated heterocycles. The molecule has 0 aliphatic rings. The summed E-state index contributed by atoms with van der Waals surface area (Å²) in [6.07, 6.45) is 0. The summed E-state index contributed by atoms with van der Waals surface area (Å²) in [5, 5.41) is 3.35. The minimum absolute atomic E-state index is 0.473. The van der Waals surface area contributed by atoms with Crippen LogP contribution >= 0.6 is 22.6 Å². The zero-order chi connectivity index (χ0) is 12.3. The maximum atomic E-state index is 5.83. The van der Waals surface area contributed by atoms with Gasteiger partial charge >= 0.3 is 0 Å². The largest absolute Gasteiger partial charge is 0.460 e. The molecular weight excluding hydrogens is 325 g/mol. The molecule has 0 saturated carbocycles. The van der Waals surface area contributed by atoms with E-state index in [0.717, 1.165) is 23.6 Å². The van der Waals surface area contributed by atoms with Gasteiger partial charge in [-0.25, -0.2) is 0 Å². The Labute approximate surface area is 116 Å². The number of hydrogen-bond acceptors (Lipinski definition) is 2. The van der Waals surface area contributed by atoms with Gasteiger partial charge in [-0.05, 0) is 40.8 Å². The molecular formula is C14H16INO. The van der Waals surface area contributed by atoms with E-state index in [1.807, 2.05) is 24.3 Å². The normalized spacial score (nSPS) is 11.1. The lowest BCUT2D eigenvalue weighted by atomic mass is 10.2. The molecule has 0 radical (unpaired) electrons. The van der Waals surface area contributed by atoms with Crippen molar-refractivity contribution >= 4 is 22.6 Å². The van der Waals surface area contributed by atoms with Crippen molar-refractivity contribution < 1.29 is 4.42 Å². The Bertz CT molecular complexity index is 490. The fourth-order valence-corrected chi connectivity index (χ4v) is 2.24. The Morgan fingerprint density at radius 3 is 2.65 bits per heavy atom. The van der Waals surface area contributed by atoms with Crippen LogP contribution in [-0.4, -0.2) is 6.04 Å². The van der Waals surface area contributed by atoms with Crippen LogP contribution in [0.4, 0.5) is 0 Å². The maximum Gasteiger partial charge on any atom is 0.135 e. The first-order valence-corrected chi connectivity index (χ1v) is 6.81. The van der Waals surface area contributed by atoms with Gasteiger partial charge in [-0.15, -0.1) is 0 Å². The summed E-state index contributed by atoms with van der Waals surface area (Å²) >= 11 is 2.33. The smallest absolute Gasteiger partial charge is 0.135 e. The third-order valence-electron chi connectivity index (χ3n) is 2.49. The van der Waals surface area contributed by atoms with Crippen molar-refractivity contribution in [3.05, 3.63) is 45.7 Å². The van der Waals surface area contributed by atoms with Gasteiger partial charge in [-0.1, -0.05) is 32.0 Å². The van der Waals surface area contributed by atoms with E-state index in [4.69, 9.17) is 4.42 Å². The van der Waals surface area contributed by atoms with Crippen molar-refractivity contribution in [1.82, 2.24) is 5.32 Å². The van der Waals surface area contributed by atoms with E-state index in [1.165, 1.54) is 3.57 Å². The Kier molecular flexibility index (Phi) is 4.23. The van der Waals surface area contributed by atoms with Crippen molar-refractivity contribution in [2.75, 3.05) is 0 Å². The molecule has 0 spiro atoms. The zero-order valence-corrected chi connectivity index (χ0v) is 12.2. The van der Waals surface area contributed by atoms with E-state index in [9.17, 15) is 0 Å². The lowest BCUT2D eigenvalue weighted by molar-refractivity contribution is 0.473. The second-order valence-corrected chi connectivity index (χ2v) is 5.44. The second-order valence-electron chi connectivity index (χ2n) is 4.28. The molecule has 0 aliphatic carbocycles. The van der Waals surface area contributed by atoms with E-state index in [0.29, 0.717) is 6.04 Å². The zero-order valence-electron chi connectivity index (χ0n) is 10.0. The Hall–Kier alpha value is -0.810. The molecule has 3 heteroatoms. The van der Waals surface area contributed by atoms with E-state index in [1.54, 1.807) is 0 Å². The number of nitrogens with one attached hydrogen (secondary N) is 1. The van der Waals surface area contributed by atoms with Gasteiger partial charge in [0, 0.05) is 15.2 Å². The van der Waals surface area contributed by atoms with Crippen molar-refractivity contribution in [1.29, 1.82) is 0 Å². The van der Waals surface area contributed by atoms with Gasteiger partial charge in [0.2, 0.25) is 0 Å². The highest BCUT2D eigenvalue weighted by Crippen LogP contribution is 2.26. The van der Waals surface area contributed by atoms with E-state index in [-0.39, 0.29) is 0 Å². The van der Waals surface area contributed by atoms with Crippen LogP contribution in [0.3, 0.4) is 0 Å². The van der Waals surface area contributed by atoms with Crippen molar-refractivity contribution in [3.63, 3.8) is 0 Å². The molecule has 1 N–H and O–H groups in total. The first-order valence-electron chi connectivity index (χ1n) is 5.74. The minimum atomic E-state index is 0.473. The molecule has 1 aromatic carbocycles. The van der Waals surface area contributed by atoms with E-state index < -0.39 is 0 Å². The van der Waals surface area contributed by atoms with Crippen molar-refractivity contribution in [2.45, 2.75) is 26.4 Å². The average Bonchev–Trinajstić information content (AvgIpc) is 2.75. The monoisotopic (exact) mass is 341 g/mol. The fourth-order valence-electron chi connectivity index (χ4n) is 1.58. The summed E-state index contributed by atoms with van der Waals surface area (Å²) in [5.41, 5.74) is 1.16. The molecule has 2 nitrogen and oxygen atoms in total. The molecule has 0 aliphatic heterocycles. The molecule has 0 bridgehead atoms. The highest BCUT2D eigenvalue weighted by atomic mass is 127. The highest BCUT2D eigenvalue weighted by Gasteiger charge is 2.07. The van der Waals surface area contributed by atoms with Crippen LogP contribution < -0.4 is 5.32 Å². The Balaban J connectivity index is 2.16. The quantitative estimate of drug-likeness (QED) is 0.849. The van der Waals surface area contributed by atoms with Gasteiger partial charge in [-0.2, -0.15) is 0 Å². The SMILES string of the molecule is CC(C)NCc1ccc(-c2ccccc2I)o1. The van der Waals surface area contributed by atoms with E-state index >= 15 is 0 Å². The van der Waals surface area contributed by atoms with Gasteiger partial charge in [0.25, 0.3) is 0 Å². The van der Waals surface area contributed by atoms with Crippen LogP contribution in [0.5, 0.6) is 0 Å². The molecule has 1 aromatic heterocycles. The van der Waals surface area contributed by atoms with Crippen LogP contribution in [0.15, 0.2) is 40.8 Å². The van der Waals surface area contributed by atoms with Gasteiger partial charge in [-0.3, -0.25) is 0 Å². The number of halogens is 1. The lowest BCUT2D eigenvalue weighted by Crippen LogP contribution is -2.21. The minimum Gasteiger partial charge on any atom is -0.460 e. The third-order valence-corrected chi connectivity index (χ3v) is 3.43. The first kappa shape index (κ1) is 12.6. The van der Waals surface area contributed by atoms with Crippen LogP contribution in [0, 0.1) is 3.57 Å². The van der Waals surface area contributed by atoms with Gasteiger partial charge < -0.3 is 9.73 Å². The average molecular weight is 341 g/mol. The fraction of sp³-hybridized carbons (Fsp3) is 0.286. The molecule has 2 rings (SSSR count). The number of hydrogen-bond donors (Lipinski definition) is 1. The Morgan fingerprint density at radius 1 is 1.18 bits per heavy atom. The molecule has 2 aromatic rings.